The maximum atomic E-state index is 13.6. The number of fused-ring (bicyclic) bond motifs is 1. The van der Waals surface area contributed by atoms with Crippen molar-refractivity contribution in [1.29, 1.82) is 0 Å². The molecule has 5 nitrogen and oxygen atoms in total. The molecule has 2 heterocycles. The second kappa shape index (κ2) is 10.3. The molecule has 1 atom stereocenters. The Bertz CT molecular complexity index is 970. The lowest BCUT2D eigenvalue weighted by Crippen LogP contribution is -2.48. The van der Waals surface area contributed by atoms with E-state index >= 15 is 0 Å². The first-order chi connectivity index (χ1) is 15.6. The summed E-state index contributed by atoms with van der Waals surface area (Å²) < 4.78 is 19.4. The number of amides is 2. The Labute approximate surface area is 192 Å². The van der Waals surface area contributed by atoms with E-state index in [4.69, 9.17) is 4.74 Å². The molecule has 7 heteroatoms. The first-order valence-electron chi connectivity index (χ1n) is 11.2. The summed E-state index contributed by atoms with van der Waals surface area (Å²) in [5.41, 5.74) is 1.07. The van der Waals surface area contributed by atoms with E-state index in [0.717, 1.165) is 37.7 Å². The highest BCUT2D eigenvalue weighted by atomic mass is 32.1. The number of thiophene rings is 1. The van der Waals surface area contributed by atoms with Crippen LogP contribution in [0.25, 0.3) is 0 Å². The monoisotopic (exact) mass is 456 g/mol. The van der Waals surface area contributed by atoms with Crippen molar-refractivity contribution < 1.29 is 18.7 Å². The van der Waals surface area contributed by atoms with E-state index in [2.05, 4.69) is 6.58 Å². The highest BCUT2D eigenvalue weighted by molar-refractivity contribution is 7.10. The molecule has 1 fully saturated rings. The maximum absolute atomic E-state index is 13.6. The summed E-state index contributed by atoms with van der Waals surface area (Å²) >= 11 is 1.68. The minimum absolute atomic E-state index is 0.0136. The second-order valence-corrected chi connectivity index (χ2v) is 9.41. The minimum Gasteiger partial charge on any atom is -0.491 e. The summed E-state index contributed by atoms with van der Waals surface area (Å²) in [5, 5.41) is 2.03. The van der Waals surface area contributed by atoms with E-state index in [9.17, 15) is 14.0 Å². The van der Waals surface area contributed by atoms with Crippen LogP contribution in [0.15, 0.2) is 48.4 Å². The average Bonchev–Trinajstić information content (AvgIpc) is 3.48. The average molecular weight is 457 g/mol. The van der Waals surface area contributed by atoms with Crippen molar-refractivity contribution in [3.05, 3.63) is 64.6 Å². The third-order valence-electron chi connectivity index (χ3n) is 6.31. The summed E-state index contributed by atoms with van der Waals surface area (Å²) in [6, 6.07) is 7.79. The fourth-order valence-electron chi connectivity index (χ4n) is 4.68. The van der Waals surface area contributed by atoms with Crippen LogP contribution in [0.4, 0.5) is 4.39 Å². The number of hydrogen-bond acceptors (Lipinski definition) is 4. The molecule has 1 saturated carbocycles. The van der Waals surface area contributed by atoms with Crippen LogP contribution in [0, 0.1) is 11.7 Å². The number of halogens is 1. The van der Waals surface area contributed by atoms with Crippen LogP contribution in [0.1, 0.15) is 42.2 Å². The third-order valence-corrected chi connectivity index (χ3v) is 7.31. The van der Waals surface area contributed by atoms with E-state index in [1.807, 2.05) is 16.3 Å². The molecule has 1 aromatic heterocycles. The molecule has 0 saturated heterocycles. The van der Waals surface area contributed by atoms with Gasteiger partial charge >= 0.3 is 0 Å². The number of nitrogens with zero attached hydrogens (tertiary/aromatic N) is 2. The van der Waals surface area contributed by atoms with Gasteiger partial charge in [0.05, 0.1) is 6.04 Å². The van der Waals surface area contributed by atoms with Gasteiger partial charge in [-0.15, -0.1) is 17.9 Å². The molecule has 0 unspecified atom stereocenters. The van der Waals surface area contributed by atoms with Gasteiger partial charge in [-0.2, -0.15) is 0 Å². The highest BCUT2D eigenvalue weighted by Gasteiger charge is 2.34. The van der Waals surface area contributed by atoms with Crippen LogP contribution in [0.5, 0.6) is 5.75 Å². The summed E-state index contributed by atoms with van der Waals surface area (Å²) in [5.74, 6) is 0.0457. The van der Waals surface area contributed by atoms with Crippen LogP contribution >= 0.6 is 11.3 Å². The lowest BCUT2D eigenvalue weighted by molar-refractivity contribution is -0.144. The molecule has 1 aliphatic heterocycles. The van der Waals surface area contributed by atoms with Gasteiger partial charge in [-0.1, -0.05) is 25.0 Å². The lowest BCUT2D eigenvalue weighted by atomic mass is 10.00. The fourth-order valence-corrected chi connectivity index (χ4v) is 5.61. The predicted molar refractivity (Wildman–Crippen MR) is 123 cm³/mol. The largest absolute Gasteiger partial charge is 0.491 e. The summed E-state index contributed by atoms with van der Waals surface area (Å²) in [7, 11) is 0. The molecule has 0 radical (unpaired) electrons. The highest BCUT2D eigenvalue weighted by Crippen LogP contribution is 2.34. The molecule has 32 heavy (non-hydrogen) atoms. The summed E-state index contributed by atoms with van der Waals surface area (Å²) in [6.07, 6.45) is 6.39. The van der Waals surface area contributed by atoms with Crippen LogP contribution in [0.3, 0.4) is 0 Å². The Kier molecular flexibility index (Phi) is 7.25. The number of benzene rings is 1. The van der Waals surface area contributed by atoms with Crippen molar-refractivity contribution in [1.82, 2.24) is 9.80 Å². The van der Waals surface area contributed by atoms with Gasteiger partial charge in [-0.25, -0.2) is 4.39 Å². The zero-order valence-corrected chi connectivity index (χ0v) is 19.0. The third kappa shape index (κ3) is 5.04. The SMILES string of the molecule is C=CCN(CC(=O)N1CCc2sccc2[C@H]1COc1cccc(F)c1)C(=O)C1CCCC1. The van der Waals surface area contributed by atoms with Crippen molar-refractivity contribution in [3.63, 3.8) is 0 Å². The van der Waals surface area contributed by atoms with Gasteiger partial charge in [0, 0.05) is 30.0 Å². The van der Waals surface area contributed by atoms with Crippen molar-refractivity contribution in [2.24, 2.45) is 5.92 Å². The van der Waals surface area contributed by atoms with E-state index < -0.39 is 0 Å². The maximum Gasteiger partial charge on any atom is 0.242 e. The van der Waals surface area contributed by atoms with Crippen molar-refractivity contribution in [3.8, 4) is 5.75 Å². The molecule has 1 aliphatic carbocycles. The van der Waals surface area contributed by atoms with Crippen LogP contribution in [-0.4, -0.2) is 47.9 Å². The number of hydrogen-bond donors (Lipinski definition) is 0. The quantitative estimate of drug-likeness (QED) is 0.546. The Morgan fingerprint density at radius 3 is 2.84 bits per heavy atom. The number of rotatable bonds is 8. The van der Waals surface area contributed by atoms with Crippen molar-refractivity contribution in [2.75, 3.05) is 26.2 Å². The summed E-state index contributed by atoms with van der Waals surface area (Å²) in [6.45, 7) is 4.98. The molecule has 170 valence electrons. The molecule has 1 aromatic carbocycles. The Hall–Kier alpha value is -2.67. The molecule has 0 bridgehead atoms. The molecule has 0 spiro atoms. The van der Waals surface area contributed by atoms with Crippen molar-refractivity contribution >= 4 is 23.2 Å². The van der Waals surface area contributed by atoms with Gasteiger partial charge < -0.3 is 14.5 Å². The standard InChI is InChI=1S/C25H29FN2O3S/c1-2-12-27(25(30)18-6-3-4-7-18)16-24(29)28-13-10-23-21(11-14-32-23)22(28)17-31-20-9-5-8-19(26)15-20/h2,5,8-9,11,14-15,18,22H,1,3-4,6-7,10,12-13,16-17H2/t22-/m1/s1. The number of carbonyl (C=O) groups excluding carboxylic acids is 2. The number of ether oxygens (including phenoxy) is 1. The van der Waals surface area contributed by atoms with Crippen LogP contribution < -0.4 is 4.74 Å². The summed E-state index contributed by atoms with van der Waals surface area (Å²) in [4.78, 5) is 31.1. The zero-order chi connectivity index (χ0) is 22.5. The first kappa shape index (κ1) is 22.5. The molecule has 4 rings (SSSR count). The molecular formula is C25H29FN2O3S. The topological polar surface area (TPSA) is 49.9 Å². The van der Waals surface area contributed by atoms with Gasteiger partial charge in [0.15, 0.2) is 0 Å². The van der Waals surface area contributed by atoms with E-state index in [1.54, 1.807) is 34.4 Å². The molecule has 2 amide bonds. The number of carbonyl (C=O) groups is 2. The Morgan fingerprint density at radius 2 is 2.09 bits per heavy atom. The first-order valence-corrected chi connectivity index (χ1v) is 12.1. The van der Waals surface area contributed by atoms with Gasteiger partial charge in [-0.05, 0) is 48.4 Å². The minimum atomic E-state index is -0.360. The smallest absolute Gasteiger partial charge is 0.242 e. The van der Waals surface area contributed by atoms with Gasteiger partial charge in [0.2, 0.25) is 11.8 Å². The van der Waals surface area contributed by atoms with Gasteiger partial charge in [0.1, 0.15) is 24.7 Å². The predicted octanol–water partition coefficient (Wildman–Crippen LogP) is 4.60. The van der Waals surface area contributed by atoms with Crippen LogP contribution in [-0.2, 0) is 16.0 Å². The Balaban J connectivity index is 1.49. The molecule has 2 aromatic rings. The lowest BCUT2D eigenvalue weighted by Gasteiger charge is -2.37. The second-order valence-electron chi connectivity index (χ2n) is 8.41. The van der Waals surface area contributed by atoms with Gasteiger partial charge in [0.25, 0.3) is 0 Å². The molecule has 0 N–H and O–H groups in total. The fraction of sp³-hybridized carbons (Fsp3) is 0.440. The molecule has 2 aliphatic rings. The molecular weight excluding hydrogens is 427 g/mol. The van der Waals surface area contributed by atoms with Crippen molar-refractivity contribution in [2.45, 2.75) is 38.1 Å². The van der Waals surface area contributed by atoms with Crippen LogP contribution in [0.2, 0.25) is 0 Å². The van der Waals surface area contributed by atoms with E-state index in [-0.39, 0.29) is 42.7 Å². The normalized spacial score (nSPS) is 18.3. The van der Waals surface area contributed by atoms with E-state index in [1.165, 1.54) is 17.0 Å². The Morgan fingerprint density at radius 1 is 1.28 bits per heavy atom. The van der Waals surface area contributed by atoms with E-state index in [0.29, 0.717) is 18.8 Å². The zero-order valence-electron chi connectivity index (χ0n) is 18.2. The van der Waals surface area contributed by atoms with Gasteiger partial charge in [-0.3, -0.25) is 9.59 Å².